The highest BCUT2D eigenvalue weighted by molar-refractivity contribution is 6.21. The maximum absolute atomic E-state index is 12.2. The number of carbonyl (C=O) groups is 3. The lowest BCUT2D eigenvalue weighted by Crippen LogP contribution is -2.35. The molecular weight excluding hydrogens is 334 g/mol. The molecule has 1 saturated heterocycles. The summed E-state index contributed by atoms with van der Waals surface area (Å²) in [5, 5.41) is 0. The summed E-state index contributed by atoms with van der Waals surface area (Å²) in [5.41, 5.74) is 3.30. The maximum Gasteiger partial charge on any atom is 0.261 e. The van der Waals surface area contributed by atoms with Crippen molar-refractivity contribution in [3.8, 4) is 0 Å². The molecule has 0 aromatic heterocycles. The third-order valence-electron chi connectivity index (χ3n) is 4.81. The van der Waals surface area contributed by atoms with Gasteiger partial charge in [0.15, 0.2) is 0 Å². The van der Waals surface area contributed by atoms with E-state index in [9.17, 15) is 14.4 Å². The van der Waals surface area contributed by atoms with Crippen LogP contribution in [0.4, 0.5) is 0 Å². The normalized spacial score (nSPS) is 17.5. The Bertz CT molecular complexity index is 636. The molecule has 140 valence electrons. The molecule has 0 atom stereocenters. The van der Waals surface area contributed by atoms with Gasteiger partial charge in [-0.1, -0.05) is 18.6 Å². The third-order valence-corrected chi connectivity index (χ3v) is 4.81. The molecule has 2 aliphatic rings. The van der Waals surface area contributed by atoms with Crippen molar-refractivity contribution in [2.75, 3.05) is 32.8 Å². The van der Waals surface area contributed by atoms with Gasteiger partial charge in [-0.3, -0.25) is 24.1 Å². The number of benzene rings is 1. The first kappa shape index (κ1) is 18.5. The minimum atomic E-state index is -0.288. The molecule has 0 radical (unpaired) electrons. The predicted octanol–water partition coefficient (Wildman–Crippen LogP) is 1.60. The van der Waals surface area contributed by atoms with Gasteiger partial charge < -0.3 is 4.90 Å². The van der Waals surface area contributed by atoms with Crippen molar-refractivity contribution in [2.24, 2.45) is 0 Å². The molecule has 2 heterocycles. The van der Waals surface area contributed by atoms with Gasteiger partial charge in [0.2, 0.25) is 5.91 Å². The number of rotatable bonds is 8. The molecule has 1 fully saturated rings. The Labute approximate surface area is 153 Å². The zero-order chi connectivity index (χ0) is 18.4. The van der Waals surface area contributed by atoms with Crippen molar-refractivity contribution in [2.45, 2.75) is 32.1 Å². The van der Waals surface area contributed by atoms with E-state index in [1.165, 1.54) is 24.2 Å². The predicted molar refractivity (Wildman–Crippen MR) is 95.4 cm³/mol. The summed E-state index contributed by atoms with van der Waals surface area (Å²) in [7, 11) is 0. The van der Waals surface area contributed by atoms with Crippen molar-refractivity contribution in [3.05, 3.63) is 35.4 Å². The molecular formula is C19H25N3O4. The first-order chi connectivity index (χ1) is 12.7. The standard InChI is InChI=1S/C19H25N3O4/c23-17(20-26-14-13-21-10-4-1-5-11-21)9-6-12-22-18(24)15-7-2-3-8-16(15)19(22)25/h2-3,7-8H,1,4-6,9-14H2,(H,20,23). The minimum absolute atomic E-state index is 0.205. The highest BCUT2D eigenvalue weighted by Crippen LogP contribution is 2.22. The molecule has 7 heteroatoms. The second kappa shape index (κ2) is 8.91. The molecule has 1 aromatic rings. The molecule has 26 heavy (non-hydrogen) atoms. The highest BCUT2D eigenvalue weighted by Gasteiger charge is 2.34. The van der Waals surface area contributed by atoms with E-state index < -0.39 is 0 Å². The largest absolute Gasteiger partial charge is 0.301 e. The van der Waals surface area contributed by atoms with Gasteiger partial charge in [-0.05, 0) is 44.5 Å². The Balaban J connectivity index is 1.32. The number of likely N-dealkylation sites (tertiary alicyclic amines) is 1. The number of hydroxylamine groups is 1. The molecule has 3 rings (SSSR count). The molecule has 1 aromatic carbocycles. The third kappa shape index (κ3) is 4.47. The SMILES string of the molecule is O=C(CCCN1C(=O)c2ccccc2C1=O)NOCCN1CCCCC1. The molecule has 1 N–H and O–H groups in total. The molecule has 0 aliphatic carbocycles. The smallest absolute Gasteiger partial charge is 0.261 e. The van der Waals surface area contributed by atoms with Crippen molar-refractivity contribution < 1.29 is 19.2 Å². The Kier molecular flexibility index (Phi) is 6.35. The zero-order valence-electron chi connectivity index (χ0n) is 14.9. The first-order valence-corrected chi connectivity index (χ1v) is 9.25. The van der Waals surface area contributed by atoms with Crippen LogP contribution in [0.1, 0.15) is 52.8 Å². The van der Waals surface area contributed by atoms with E-state index in [4.69, 9.17) is 4.84 Å². The van der Waals surface area contributed by atoms with Gasteiger partial charge in [-0.25, -0.2) is 5.48 Å². The number of hydrogen-bond donors (Lipinski definition) is 1. The fourth-order valence-corrected chi connectivity index (χ4v) is 3.38. The van der Waals surface area contributed by atoms with E-state index in [0.717, 1.165) is 19.6 Å². The van der Waals surface area contributed by atoms with Crippen LogP contribution < -0.4 is 5.48 Å². The van der Waals surface area contributed by atoms with Gasteiger partial charge in [0.25, 0.3) is 11.8 Å². The van der Waals surface area contributed by atoms with Crippen molar-refractivity contribution >= 4 is 17.7 Å². The Morgan fingerprint density at radius 1 is 1.00 bits per heavy atom. The van der Waals surface area contributed by atoms with Crippen LogP contribution in [0, 0.1) is 0 Å². The van der Waals surface area contributed by atoms with E-state index in [1.807, 2.05) is 0 Å². The first-order valence-electron chi connectivity index (χ1n) is 9.25. The van der Waals surface area contributed by atoms with Crippen LogP contribution in [-0.2, 0) is 9.63 Å². The van der Waals surface area contributed by atoms with Gasteiger partial charge in [0, 0.05) is 19.5 Å². The van der Waals surface area contributed by atoms with Crippen molar-refractivity contribution in [1.29, 1.82) is 0 Å². The quantitative estimate of drug-likeness (QED) is 0.433. The number of nitrogens with zero attached hydrogens (tertiary/aromatic N) is 2. The summed E-state index contributed by atoms with van der Waals surface area (Å²) >= 11 is 0. The van der Waals surface area contributed by atoms with Gasteiger partial charge in [-0.15, -0.1) is 0 Å². The van der Waals surface area contributed by atoms with Crippen LogP contribution in [0.3, 0.4) is 0 Å². The van der Waals surface area contributed by atoms with Gasteiger partial charge in [0.05, 0.1) is 17.7 Å². The number of amides is 3. The lowest BCUT2D eigenvalue weighted by Gasteiger charge is -2.25. The summed E-state index contributed by atoms with van der Waals surface area (Å²) < 4.78 is 0. The average molecular weight is 359 g/mol. The van der Waals surface area contributed by atoms with E-state index in [2.05, 4.69) is 10.4 Å². The second-order valence-corrected chi connectivity index (χ2v) is 6.69. The van der Waals surface area contributed by atoms with Crippen molar-refractivity contribution in [3.63, 3.8) is 0 Å². The van der Waals surface area contributed by atoms with Crippen LogP contribution in [0.5, 0.6) is 0 Å². The van der Waals surface area contributed by atoms with E-state index in [-0.39, 0.29) is 30.7 Å². The average Bonchev–Trinajstić information content (AvgIpc) is 2.91. The Morgan fingerprint density at radius 2 is 1.65 bits per heavy atom. The summed E-state index contributed by atoms with van der Waals surface area (Å²) in [6, 6.07) is 6.78. The van der Waals surface area contributed by atoms with Gasteiger partial charge >= 0.3 is 0 Å². The Morgan fingerprint density at radius 3 is 2.31 bits per heavy atom. The number of hydrogen-bond acceptors (Lipinski definition) is 5. The summed E-state index contributed by atoms with van der Waals surface area (Å²) in [4.78, 5) is 45.0. The number of nitrogens with one attached hydrogen (secondary N) is 1. The summed E-state index contributed by atoms with van der Waals surface area (Å²) in [5.74, 6) is -0.812. The molecule has 0 unspecified atom stereocenters. The zero-order valence-corrected chi connectivity index (χ0v) is 14.9. The van der Waals surface area contributed by atoms with Gasteiger partial charge in [0.1, 0.15) is 0 Å². The van der Waals surface area contributed by atoms with Crippen LogP contribution in [0.25, 0.3) is 0 Å². The molecule has 0 bridgehead atoms. The highest BCUT2D eigenvalue weighted by atomic mass is 16.6. The number of carbonyl (C=O) groups excluding carboxylic acids is 3. The second-order valence-electron chi connectivity index (χ2n) is 6.69. The topological polar surface area (TPSA) is 79.0 Å². The fraction of sp³-hybridized carbons (Fsp3) is 0.526. The summed E-state index contributed by atoms with van der Waals surface area (Å²) in [6.45, 7) is 3.70. The van der Waals surface area contributed by atoms with Crippen molar-refractivity contribution in [1.82, 2.24) is 15.3 Å². The number of fused-ring (bicyclic) bond motifs is 1. The Hall–Kier alpha value is -2.25. The monoisotopic (exact) mass is 359 g/mol. The van der Waals surface area contributed by atoms with Crippen LogP contribution in [-0.4, -0.2) is 60.3 Å². The van der Waals surface area contributed by atoms with Gasteiger partial charge in [-0.2, -0.15) is 0 Å². The van der Waals surface area contributed by atoms with E-state index >= 15 is 0 Å². The molecule has 0 saturated carbocycles. The van der Waals surface area contributed by atoms with E-state index in [1.54, 1.807) is 24.3 Å². The van der Waals surface area contributed by atoms with Crippen LogP contribution >= 0.6 is 0 Å². The van der Waals surface area contributed by atoms with E-state index in [0.29, 0.717) is 24.2 Å². The lowest BCUT2D eigenvalue weighted by molar-refractivity contribution is -0.134. The minimum Gasteiger partial charge on any atom is -0.301 e. The molecule has 2 aliphatic heterocycles. The molecule has 0 spiro atoms. The van der Waals surface area contributed by atoms with Crippen LogP contribution in [0.2, 0.25) is 0 Å². The molecule has 7 nitrogen and oxygen atoms in total. The lowest BCUT2D eigenvalue weighted by atomic mass is 10.1. The number of imide groups is 1. The van der Waals surface area contributed by atoms with Crippen LogP contribution in [0.15, 0.2) is 24.3 Å². The molecule has 3 amide bonds. The number of piperidine rings is 1. The maximum atomic E-state index is 12.2. The summed E-state index contributed by atoms with van der Waals surface area (Å²) in [6.07, 6.45) is 4.36. The fourth-order valence-electron chi connectivity index (χ4n) is 3.38.